The lowest BCUT2D eigenvalue weighted by atomic mass is 10.0. The number of carbonyl (C=O) groups is 2. The maximum atomic E-state index is 12.4. The fourth-order valence-electron chi connectivity index (χ4n) is 3.44. The van der Waals surface area contributed by atoms with E-state index in [1.165, 1.54) is 12.8 Å². The first kappa shape index (κ1) is 21.3. The smallest absolute Gasteiger partial charge is 0.320 e. The van der Waals surface area contributed by atoms with Crippen LogP contribution in [0.25, 0.3) is 0 Å². The summed E-state index contributed by atoms with van der Waals surface area (Å²) in [5, 5.41) is 11.5. The summed E-state index contributed by atoms with van der Waals surface area (Å²) in [5.74, 6) is -1.39. The quantitative estimate of drug-likeness (QED) is 0.404. The number of anilines is 1. The molecule has 0 spiro atoms. The Morgan fingerprint density at radius 3 is 2.43 bits per heavy atom. The zero-order valence-electron chi connectivity index (χ0n) is 16.8. The third-order valence-corrected chi connectivity index (χ3v) is 5.09. The fraction of sp³-hybridized carbons (Fsp3) is 0.318. The number of carboxylic acids is 1. The SMILES string of the molecule is NC(=NCc1ccccc1N1CCCC1)NC(=O)c1ccc(C[C@H](N)C(=O)O)cc1. The molecule has 8 nitrogen and oxygen atoms in total. The number of benzene rings is 2. The highest BCUT2D eigenvalue weighted by Gasteiger charge is 2.15. The van der Waals surface area contributed by atoms with E-state index in [2.05, 4.69) is 21.3 Å². The van der Waals surface area contributed by atoms with E-state index in [1.807, 2.05) is 18.2 Å². The van der Waals surface area contributed by atoms with Gasteiger partial charge in [0, 0.05) is 24.3 Å². The fourth-order valence-corrected chi connectivity index (χ4v) is 3.44. The Labute approximate surface area is 175 Å². The van der Waals surface area contributed by atoms with Gasteiger partial charge < -0.3 is 21.5 Å². The zero-order chi connectivity index (χ0) is 21.5. The van der Waals surface area contributed by atoms with E-state index in [-0.39, 0.29) is 18.3 Å². The van der Waals surface area contributed by atoms with Crippen LogP contribution < -0.4 is 21.7 Å². The second kappa shape index (κ2) is 9.89. The summed E-state index contributed by atoms with van der Waals surface area (Å²) in [7, 11) is 0. The van der Waals surface area contributed by atoms with Crippen LogP contribution in [-0.2, 0) is 17.8 Å². The zero-order valence-corrected chi connectivity index (χ0v) is 16.8. The van der Waals surface area contributed by atoms with Gasteiger partial charge in [0.1, 0.15) is 6.04 Å². The molecular formula is C22H27N5O3. The Balaban J connectivity index is 1.59. The van der Waals surface area contributed by atoms with Gasteiger partial charge >= 0.3 is 5.97 Å². The molecular weight excluding hydrogens is 382 g/mol. The summed E-state index contributed by atoms with van der Waals surface area (Å²) >= 11 is 0. The summed E-state index contributed by atoms with van der Waals surface area (Å²) in [6.45, 7) is 2.46. The van der Waals surface area contributed by atoms with Crippen molar-refractivity contribution in [2.24, 2.45) is 16.5 Å². The van der Waals surface area contributed by atoms with Crippen LogP contribution in [-0.4, -0.2) is 42.1 Å². The largest absolute Gasteiger partial charge is 0.480 e. The summed E-state index contributed by atoms with van der Waals surface area (Å²) in [6.07, 6.45) is 2.57. The van der Waals surface area contributed by atoms with Crippen molar-refractivity contribution in [2.45, 2.75) is 31.8 Å². The number of amides is 1. The molecule has 1 fully saturated rings. The van der Waals surface area contributed by atoms with Gasteiger partial charge in [-0.05, 0) is 48.6 Å². The van der Waals surface area contributed by atoms with Crippen molar-refractivity contribution in [2.75, 3.05) is 18.0 Å². The van der Waals surface area contributed by atoms with Crippen molar-refractivity contribution in [3.05, 3.63) is 65.2 Å². The van der Waals surface area contributed by atoms with Gasteiger partial charge in [-0.15, -0.1) is 0 Å². The van der Waals surface area contributed by atoms with Crippen molar-refractivity contribution in [3.63, 3.8) is 0 Å². The van der Waals surface area contributed by atoms with Gasteiger partial charge in [-0.3, -0.25) is 14.9 Å². The van der Waals surface area contributed by atoms with Crippen LogP contribution in [0.1, 0.15) is 34.3 Å². The molecule has 1 saturated heterocycles. The molecule has 0 radical (unpaired) electrons. The molecule has 1 aliphatic rings. The Morgan fingerprint density at radius 1 is 1.10 bits per heavy atom. The molecule has 158 valence electrons. The summed E-state index contributed by atoms with van der Waals surface area (Å²) < 4.78 is 0. The number of hydrogen-bond acceptors (Lipinski definition) is 5. The van der Waals surface area contributed by atoms with E-state index >= 15 is 0 Å². The molecule has 6 N–H and O–H groups in total. The van der Waals surface area contributed by atoms with Gasteiger partial charge in [0.15, 0.2) is 5.96 Å². The van der Waals surface area contributed by atoms with Gasteiger partial charge in [-0.1, -0.05) is 30.3 Å². The maximum Gasteiger partial charge on any atom is 0.320 e. The number of hydrogen-bond donors (Lipinski definition) is 4. The van der Waals surface area contributed by atoms with E-state index < -0.39 is 12.0 Å². The van der Waals surface area contributed by atoms with Crippen LogP contribution in [0.2, 0.25) is 0 Å². The highest BCUT2D eigenvalue weighted by Crippen LogP contribution is 2.24. The maximum absolute atomic E-state index is 12.4. The topological polar surface area (TPSA) is 134 Å². The highest BCUT2D eigenvalue weighted by atomic mass is 16.4. The number of guanidine groups is 1. The standard InChI is InChI=1S/C22H27N5O3/c23-18(21(29)30)13-15-7-9-16(10-8-15)20(28)26-22(24)25-14-17-5-1-2-6-19(17)27-11-3-4-12-27/h1-2,5-10,18H,3-4,11-14,23H2,(H,29,30)(H3,24,25,26,28)/t18-/m0/s1. The second-order valence-corrected chi connectivity index (χ2v) is 7.32. The summed E-state index contributed by atoms with van der Waals surface area (Å²) in [6, 6.07) is 13.7. The predicted molar refractivity (Wildman–Crippen MR) is 116 cm³/mol. The number of nitrogens with zero attached hydrogens (tertiary/aromatic N) is 2. The van der Waals surface area contributed by atoms with Crippen molar-refractivity contribution in [1.82, 2.24) is 5.32 Å². The predicted octanol–water partition coefficient (Wildman–Crippen LogP) is 1.49. The molecule has 0 saturated carbocycles. The summed E-state index contributed by atoms with van der Waals surface area (Å²) in [4.78, 5) is 29.9. The highest BCUT2D eigenvalue weighted by molar-refractivity contribution is 6.05. The lowest BCUT2D eigenvalue weighted by molar-refractivity contribution is -0.138. The normalized spacial score (nSPS) is 15.1. The molecule has 8 heteroatoms. The minimum Gasteiger partial charge on any atom is -0.480 e. The van der Waals surface area contributed by atoms with Crippen LogP contribution in [0.5, 0.6) is 0 Å². The minimum absolute atomic E-state index is 0.0493. The third kappa shape index (κ3) is 5.57. The second-order valence-electron chi connectivity index (χ2n) is 7.32. The lowest BCUT2D eigenvalue weighted by Crippen LogP contribution is -2.37. The number of rotatable bonds is 7. The first-order valence-electron chi connectivity index (χ1n) is 9.95. The average Bonchev–Trinajstić information content (AvgIpc) is 3.27. The van der Waals surface area contributed by atoms with E-state index in [0.29, 0.717) is 12.1 Å². The molecule has 1 heterocycles. The molecule has 1 atom stereocenters. The average molecular weight is 409 g/mol. The van der Waals surface area contributed by atoms with Crippen LogP contribution in [0.3, 0.4) is 0 Å². The van der Waals surface area contributed by atoms with Crippen LogP contribution in [0, 0.1) is 0 Å². The van der Waals surface area contributed by atoms with Gasteiger partial charge in [-0.25, -0.2) is 4.99 Å². The number of carboxylic acid groups (broad SMARTS) is 1. The van der Waals surface area contributed by atoms with E-state index in [9.17, 15) is 9.59 Å². The number of nitrogens with one attached hydrogen (secondary N) is 1. The Morgan fingerprint density at radius 2 is 1.77 bits per heavy atom. The Bertz CT molecular complexity index is 921. The summed E-state index contributed by atoms with van der Waals surface area (Å²) in [5.41, 5.74) is 14.8. The Hall–Kier alpha value is -3.39. The molecule has 2 aromatic rings. The van der Waals surface area contributed by atoms with E-state index in [0.717, 1.165) is 29.9 Å². The van der Waals surface area contributed by atoms with Gasteiger partial charge in [0.05, 0.1) is 6.54 Å². The van der Waals surface area contributed by atoms with Gasteiger partial charge in [0.2, 0.25) is 0 Å². The minimum atomic E-state index is -1.06. The molecule has 3 rings (SSSR count). The van der Waals surface area contributed by atoms with Crippen molar-refractivity contribution < 1.29 is 14.7 Å². The number of carbonyl (C=O) groups excluding carboxylic acids is 1. The van der Waals surface area contributed by atoms with Crippen molar-refractivity contribution >= 4 is 23.5 Å². The molecule has 2 aromatic carbocycles. The lowest BCUT2D eigenvalue weighted by Gasteiger charge is -2.20. The van der Waals surface area contributed by atoms with Crippen molar-refractivity contribution in [1.29, 1.82) is 0 Å². The molecule has 30 heavy (non-hydrogen) atoms. The van der Waals surface area contributed by atoms with Crippen molar-refractivity contribution in [3.8, 4) is 0 Å². The molecule has 0 aliphatic carbocycles. The van der Waals surface area contributed by atoms with Crippen LogP contribution >= 0.6 is 0 Å². The molecule has 0 unspecified atom stereocenters. The molecule has 0 bridgehead atoms. The van der Waals surface area contributed by atoms with E-state index in [4.69, 9.17) is 16.6 Å². The molecule has 1 aliphatic heterocycles. The van der Waals surface area contributed by atoms with Gasteiger partial charge in [-0.2, -0.15) is 0 Å². The van der Waals surface area contributed by atoms with Crippen LogP contribution in [0.15, 0.2) is 53.5 Å². The Kier molecular flexibility index (Phi) is 7.03. The van der Waals surface area contributed by atoms with Crippen LogP contribution in [0.4, 0.5) is 5.69 Å². The van der Waals surface area contributed by atoms with Gasteiger partial charge in [0.25, 0.3) is 5.91 Å². The monoisotopic (exact) mass is 409 g/mol. The number of nitrogens with two attached hydrogens (primary N) is 2. The molecule has 0 aromatic heterocycles. The molecule has 1 amide bonds. The first-order valence-corrected chi connectivity index (χ1v) is 9.95. The number of aliphatic carboxylic acids is 1. The van der Waals surface area contributed by atoms with E-state index in [1.54, 1.807) is 24.3 Å². The number of aliphatic imine (C=N–C) groups is 1. The first-order chi connectivity index (χ1) is 14.4. The third-order valence-electron chi connectivity index (χ3n) is 5.09. The number of para-hydroxylation sites is 1.